The van der Waals surface area contributed by atoms with Gasteiger partial charge >= 0.3 is 0 Å². The van der Waals surface area contributed by atoms with Crippen molar-refractivity contribution in [3.8, 4) is 21.8 Å². The molecule has 0 saturated heterocycles. The number of thiazole rings is 1. The molecule has 21 heavy (non-hydrogen) atoms. The van der Waals surface area contributed by atoms with E-state index in [4.69, 9.17) is 0 Å². The summed E-state index contributed by atoms with van der Waals surface area (Å²) in [5.41, 5.74) is 3.18. The van der Waals surface area contributed by atoms with Crippen LogP contribution in [0.1, 0.15) is 25.5 Å². The lowest BCUT2D eigenvalue weighted by molar-refractivity contribution is 0.816. The molecule has 106 valence electrons. The van der Waals surface area contributed by atoms with E-state index in [0.717, 1.165) is 16.3 Å². The molecule has 0 atom stereocenters. The highest BCUT2D eigenvalue weighted by molar-refractivity contribution is 7.13. The van der Waals surface area contributed by atoms with Gasteiger partial charge in [0.15, 0.2) is 0 Å². The lowest BCUT2D eigenvalue weighted by Gasteiger charge is -2.05. The maximum Gasteiger partial charge on any atom is 0.257 e. The van der Waals surface area contributed by atoms with Gasteiger partial charge in [-0.3, -0.25) is 9.78 Å². The molecule has 0 radical (unpaired) electrons. The Morgan fingerprint density at radius 3 is 2.57 bits per heavy atom. The van der Waals surface area contributed by atoms with Crippen molar-refractivity contribution in [1.82, 2.24) is 15.0 Å². The van der Waals surface area contributed by atoms with Gasteiger partial charge in [-0.05, 0) is 30.2 Å². The smallest absolute Gasteiger partial charge is 0.257 e. The van der Waals surface area contributed by atoms with Gasteiger partial charge in [0, 0.05) is 29.0 Å². The summed E-state index contributed by atoms with van der Waals surface area (Å²) in [5.74, 6) is 0.301. The Hall–Kier alpha value is -2.27. The van der Waals surface area contributed by atoms with Crippen LogP contribution in [0.3, 0.4) is 0 Å². The summed E-state index contributed by atoms with van der Waals surface area (Å²) < 4.78 is 0. The molecular weight excluding hydrogens is 282 g/mol. The predicted octanol–water partition coefficient (Wildman–Crippen LogP) is 3.68. The summed E-state index contributed by atoms with van der Waals surface area (Å²) in [5, 5.41) is 2.80. The third kappa shape index (κ3) is 2.78. The molecule has 1 N–H and O–H groups in total. The van der Waals surface area contributed by atoms with Crippen molar-refractivity contribution in [3.63, 3.8) is 0 Å². The Balaban J connectivity index is 1.99. The summed E-state index contributed by atoms with van der Waals surface area (Å²) >= 11 is 1.53. The number of aromatic nitrogens is 3. The number of nitrogens with one attached hydrogen (secondary N) is 1. The van der Waals surface area contributed by atoms with E-state index in [2.05, 4.69) is 28.8 Å². The van der Waals surface area contributed by atoms with Crippen LogP contribution in [-0.4, -0.2) is 15.0 Å². The van der Waals surface area contributed by atoms with E-state index in [9.17, 15) is 4.79 Å². The second kappa shape index (κ2) is 5.61. The van der Waals surface area contributed by atoms with Crippen LogP contribution in [0.5, 0.6) is 0 Å². The van der Waals surface area contributed by atoms with Gasteiger partial charge in [-0.2, -0.15) is 0 Å². The average Bonchev–Trinajstić information content (AvgIpc) is 2.97. The molecule has 0 bridgehead atoms. The Kier molecular flexibility index (Phi) is 3.66. The van der Waals surface area contributed by atoms with Gasteiger partial charge in [-0.25, -0.2) is 4.98 Å². The first-order valence-corrected chi connectivity index (χ1v) is 7.62. The standard InChI is InChI=1S/C16H15N3OS/c1-10(2)13-4-3-12(15(20)18-13)14-9-21-16(19-14)11-5-7-17-8-6-11/h3-10H,1-2H3,(H,18,20). The lowest BCUT2D eigenvalue weighted by Crippen LogP contribution is -2.12. The predicted molar refractivity (Wildman–Crippen MR) is 85.5 cm³/mol. The molecule has 0 aromatic carbocycles. The SMILES string of the molecule is CC(C)c1ccc(-c2csc(-c3ccncc3)n2)c(=O)[nH]1. The number of nitrogens with zero attached hydrogens (tertiary/aromatic N) is 2. The van der Waals surface area contributed by atoms with Gasteiger partial charge in [0.05, 0.1) is 11.3 Å². The van der Waals surface area contributed by atoms with Gasteiger partial charge in [-0.1, -0.05) is 13.8 Å². The molecule has 3 aromatic heterocycles. The Morgan fingerprint density at radius 2 is 1.90 bits per heavy atom. The van der Waals surface area contributed by atoms with Gasteiger partial charge < -0.3 is 4.98 Å². The Bertz CT molecular complexity index is 806. The maximum atomic E-state index is 12.2. The minimum Gasteiger partial charge on any atom is -0.325 e. The highest BCUT2D eigenvalue weighted by atomic mass is 32.1. The summed E-state index contributed by atoms with van der Waals surface area (Å²) in [4.78, 5) is 23.7. The topological polar surface area (TPSA) is 58.6 Å². The van der Waals surface area contributed by atoms with Crippen molar-refractivity contribution >= 4 is 11.3 Å². The van der Waals surface area contributed by atoms with Crippen molar-refractivity contribution in [1.29, 1.82) is 0 Å². The fraction of sp³-hybridized carbons (Fsp3) is 0.188. The highest BCUT2D eigenvalue weighted by Gasteiger charge is 2.11. The zero-order chi connectivity index (χ0) is 14.8. The summed E-state index contributed by atoms with van der Waals surface area (Å²) in [6, 6.07) is 7.62. The van der Waals surface area contributed by atoms with E-state index in [1.807, 2.05) is 29.6 Å². The number of hydrogen-bond acceptors (Lipinski definition) is 4. The molecule has 0 saturated carbocycles. The lowest BCUT2D eigenvalue weighted by atomic mass is 10.1. The van der Waals surface area contributed by atoms with Crippen molar-refractivity contribution in [2.45, 2.75) is 19.8 Å². The van der Waals surface area contributed by atoms with E-state index in [-0.39, 0.29) is 5.56 Å². The molecular formula is C16H15N3OS. The van der Waals surface area contributed by atoms with Gasteiger partial charge in [0.2, 0.25) is 0 Å². The average molecular weight is 297 g/mol. The van der Waals surface area contributed by atoms with E-state index >= 15 is 0 Å². The van der Waals surface area contributed by atoms with Crippen molar-refractivity contribution in [3.05, 3.63) is 58.1 Å². The first-order chi connectivity index (χ1) is 10.1. The zero-order valence-electron chi connectivity index (χ0n) is 11.8. The highest BCUT2D eigenvalue weighted by Crippen LogP contribution is 2.27. The minimum atomic E-state index is -0.0900. The largest absolute Gasteiger partial charge is 0.325 e. The number of aromatic amines is 1. The van der Waals surface area contributed by atoms with E-state index in [1.165, 1.54) is 11.3 Å². The van der Waals surface area contributed by atoms with Gasteiger partial charge in [0.25, 0.3) is 5.56 Å². The van der Waals surface area contributed by atoms with E-state index in [0.29, 0.717) is 17.2 Å². The van der Waals surface area contributed by atoms with Gasteiger partial charge in [-0.15, -0.1) is 11.3 Å². The summed E-state index contributed by atoms with van der Waals surface area (Å²) in [6.07, 6.45) is 3.47. The first-order valence-electron chi connectivity index (χ1n) is 6.74. The van der Waals surface area contributed by atoms with E-state index in [1.54, 1.807) is 12.4 Å². The molecule has 0 aliphatic heterocycles. The third-order valence-electron chi connectivity index (χ3n) is 3.26. The number of H-pyrrole nitrogens is 1. The van der Waals surface area contributed by atoms with Crippen molar-refractivity contribution in [2.75, 3.05) is 0 Å². The van der Waals surface area contributed by atoms with Crippen LogP contribution in [0.2, 0.25) is 0 Å². The molecule has 3 aromatic rings. The fourth-order valence-electron chi connectivity index (χ4n) is 2.05. The molecule has 4 nitrogen and oxygen atoms in total. The third-order valence-corrected chi connectivity index (χ3v) is 4.15. The molecule has 0 aliphatic rings. The monoisotopic (exact) mass is 297 g/mol. The van der Waals surface area contributed by atoms with Crippen LogP contribution in [0.15, 0.2) is 46.8 Å². The number of rotatable bonds is 3. The van der Waals surface area contributed by atoms with Crippen LogP contribution < -0.4 is 5.56 Å². The number of pyridine rings is 2. The molecule has 3 rings (SSSR count). The van der Waals surface area contributed by atoms with Crippen LogP contribution in [0, 0.1) is 0 Å². The molecule has 0 aliphatic carbocycles. The van der Waals surface area contributed by atoms with Crippen LogP contribution in [-0.2, 0) is 0 Å². The molecule has 5 heteroatoms. The quantitative estimate of drug-likeness (QED) is 0.802. The van der Waals surface area contributed by atoms with Crippen molar-refractivity contribution in [2.24, 2.45) is 0 Å². The normalized spacial score (nSPS) is 11.0. The maximum absolute atomic E-state index is 12.2. The van der Waals surface area contributed by atoms with Crippen LogP contribution in [0.4, 0.5) is 0 Å². The Morgan fingerprint density at radius 1 is 1.14 bits per heavy atom. The molecule has 0 amide bonds. The molecule has 0 unspecified atom stereocenters. The molecule has 0 fully saturated rings. The zero-order valence-corrected chi connectivity index (χ0v) is 12.6. The second-order valence-electron chi connectivity index (χ2n) is 5.08. The van der Waals surface area contributed by atoms with E-state index < -0.39 is 0 Å². The van der Waals surface area contributed by atoms with Crippen molar-refractivity contribution < 1.29 is 0 Å². The summed E-state index contributed by atoms with van der Waals surface area (Å²) in [7, 11) is 0. The van der Waals surface area contributed by atoms with Crippen LogP contribution >= 0.6 is 11.3 Å². The minimum absolute atomic E-state index is 0.0900. The first kappa shape index (κ1) is 13.7. The summed E-state index contributed by atoms with van der Waals surface area (Å²) in [6.45, 7) is 4.10. The molecule has 0 spiro atoms. The molecule has 3 heterocycles. The van der Waals surface area contributed by atoms with Gasteiger partial charge in [0.1, 0.15) is 5.01 Å². The number of hydrogen-bond donors (Lipinski definition) is 1. The fourth-order valence-corrected chi connectivity index (χ4v) is 2.88. The second-order valence-corrected chi connectivity index (χ2v) is 5.94. The Labute approximate surface area is 126 Å². The van der Waals surface area contributed by atoms with Crippen LogP contribution in [0.25, 0.3) is 21.8 Å².